The summed E-state index contributed by atoms with van der Waals surface area (Å²) in [6.45, 7) is 3.09. The number of aliphatic carboxylic acids is 1. The number of rotatable bonds is 8. The second-order valence-corrected chi connectivity index (χ2v) is 7.93. The first-order valence-corrected chi connectivity index (χ1v) is 10.5. The lowest BCUT2D eigenvalue weighted by atomic mass is 9.85. The van der Waals surface area contributed by atoms with E-state index >= 15 is 0 Å². The third-order valence-electron chi connectivity index (χ3n) is 5.61. The first-order chi connectivity index (χ1) is 14.8. The SMILES string of the molecule is CC(=O)C1CC=C(c2cnc(-c3ccc(CCC(=O)NC(C)C(=O)O)cc3)nc2)CC1. The zero-order chi connectivity index (χ0) is 22.4. The second kappa shape index (κ2) is 10.1. The van der Waals surface area contributed by atoms with E-state index in [2.05, 4.69) is 21.4 Å². The number of ketones is 1. The Morgan fingerprint density at radius 3 is 2.35 bits per heavy atom. The molecule has 162 valence electrons. The number of hydrogen-bond acceptors (Lipinski definition) is 5. The average Bonchev–Trinajstić information content (AvgIpc) is 2.78. The van der Waals surface area contributed by atoms with Crippen LogP contribution in [0.4, 0.5) is 0 Å². The normalized spacial score (nSPS) is 16.8. The van der Waals surface area contributed by atoms with Crippen molar-refractivity contribution in [2.24, 2.45) is 5.92 Å². The Bertz CT molecular complexity index is 981. The molecule has 1 amide bonds. The van der Waals surface area contributed by atoms with Crippen molar-refractivity contribution in [1.29, 1.82) is 0 Å². The molecule has 0 bridgehead atoms. The molecule has 2 N–H and O–H groups in total. The first kappa shape index (κ1) is 22.3. The van der Waals surface area contributed by atoms with Crippen molar-refractivity contribution >= 4 is 23.2 Å². The van der Waals surface area contributed by atoms with E-state index in [1.807, 2.05) is 36.7 Å². The van der Waals surface area contributed by atoms with Crippen LogP contribution in [0.5, 0.6) is 0 Å². The lowest BCUT2D eigenvalue weighted by Gasteiger charge is -2.19. The monoisotopic (exact) mass is 421 g/mol. The van der Waals surface area contributed by atoms with Crippen LogP contribution in [0, 0.1) is 5.92 Å². The van der Waals surface area contributed by atoms with Gasteiger partial charge in [0, 0.05) is 35.9 Å². The van der Waals surface area contributed by atoms with Crippen molar-refractivity contribution in [3.63, 3.8) is 0 Å². The third-order valence-corrected chi connectivity index (χ3v) is 5.61. The van der Waals surface area contributed by atoms with Gasteiger partial charge in [0.1, 0.15) is 11.8 Å². The Morgan fingerprint density at radius 1 is 1.13 bits per heavy atom. The van der Waals surface area contributed by atoms with Crippen molar-refractivity contribution in [1.82, 2.24) is 15.3 Å². The molecule has 0 fully saturated rings. The van der Waals surface area contributed by atoms with E-state index in [9.17, 15) is 14.4 Å². The minimum Gasteiger partial charge on any atom is -0.480 e. The molecule has 31 heavy (non-hydrogen) atoms. The maximum Gasteiger partial charge on any atom is 0.325 e. The smallest absolute Gasteiger partial charge is 0.325 e. The molecule has 2 unspecified atom stereocenters. The van der Waals surface area contributed by atoms with Gasteiger partial charge in [0.05, 0.1) is 0 Å². The molecule has 1 aliphatic rings. The second-order valence-electron chi connectivity index (χ2n) is 7.93. The van der Waals surface area contributed by atoms with Gasteiger partial charge in [-0.05, 0) is 50.7 Å². The van der Waals surface area contributed by atoms with Crippen LogP contribution in [0.25, 0.3) is 17.0 Å². The standard InChI is InChI=1S/C24H27N3O4/c1-15(24(30)31)27-22(29)12-5-17-3-6-20(7-4-17)23-25-13-21(14-26-23)19-10-8-18(9-11-19)16(2)28/h3-4,6-7,10,13-15,18H,5,8-9,11-12H2,1-2H3,(H,27,29)(H,30,31). The maximum atomic E-state index is 11.8. The summed E-state index contributed by atoms with van der Waals surface area (Å²) in [6.07, 6.45) is 9.03. The van der Waals surface area contributed by atoms with E-state index in [1.54, 1.807) is 6.92 Å². The minimum atomic E-state index is -1.05. The van der Waals surface area contributed by atoms with E-state index < -0.39 is 12.0 Å². The summed E-state index contributed by atoms with van der Waals surface area (Å²) < 4.78 is 0. The average molecular weight is 421 g/mol. The van der Waals surface area contributed by atoms with Crippen molar-refractivity contribution in [2.75, 3.05) is 0 Å². The highest BCUT2D eigenvalue weighted by molar-refractivity contribution is 5.83. The van der Waals surface area contributed by atoms with Crippen molar-refractivity contribution in [2.45, 2.75) is 52.0 Å². The number of Topliss-reactive ketones (excluding diaryl/α,β-unsaturated/α-hetero) is 1. The number of aryl methyl sites for hydroxylation is 1. The quantitative estimate of drug-likeness (QED) is 0.676. The van der Waals surface area contributed by atoms with Crippen LogP contribution in [0.1, 0.15) is 50.7 Å². The number of hydrogen-bond donors (Lipinski definition) is 2. The molecule has 1 aromatic heterocycles. The van der Waals surface area contributed by atoms with Gasteiger partial charge < -0.3 is 10.4 Å². The molecular formula is C24H27N3O4. The van der Waals surface area contributed by atoms with Gasteiger partial charge in [-0.1, -0.05) is 30.3 Å². The fourth-order valence-corrected chi connectivity index (χ4v) is 3.56. The Kier molecular flexibility index (Phi) is 7.28. The highest BCUT2D eigenvalue weighted by Gasteiger charge is 2.19. The number of amides is 1. The highest BCUT2D eigenvalue weighted by atomic mass is 16.4. The number of carbonyl (C=O) groups is 3. The Labute approximate surface area is 181 Å². The van der Waals surface area contributed by atoms with E-state index in [1.165, 1.54) is 12.5 Å². The first-order valence-electron chi connectivity index (χ1n) is 10.5. The number of aromatic nitrogens is 2. The summed E-state index contributed by atoms with van der Waals surface area (Å²) in [7, 11) is 0. The minimum absolute atomic E-state index is 0.133. The summed E-state index contributed by atoms with van der Waals surface area (Å²) in [5, 5.41) is 11.3. The Hall–Kier alpha value is -3.35. The fourth-order valence-electron chi connectivity index (χ4n) is 3.56. The lowest BCUT2D eigenvalue weighted by molar-refractivity contribution is -0.141. The molecule has 0 saturated heterocycles. The molecule has 1 heterocycles. The maximum absolute atomic E-state index is 11.8. The Morgan fingerprint density at radius 2 is 1.81 bits per heavy atom. The summed E-state index contributed by atoms with van der Waals surface area (Å²) in [6, 6.07) is 6.78. The van der Waals surface area contributed by atoms with Crippen LogP contribution in [-0.2, 0) is 20.8 Å². The molecule has 0 spiro atoms. The molecule has 7 nitrogen and oxygen atoms in total. The number of carboxylic acid groups (broad SMARTS) is 1. The Balaban J connectivity index is 1.57. The molecular weight excluding hydrogens is 394 g/mol. The topological polar surface area (TPSA) is 109 Å². The fraction of sp³-hybridized carbons (Fsp3) is 0.375. The molecule has 2 aromatic rings. The van der Waals surface area contributed by atoms with Gasteiger partial charge in [0.15, 0.2) is 5.82 Å². The van der Waals surface area contributed by atoms with Crippen LogP contribution in [0.15, 0.2) is 42.7 Å². The summed E-state index contributed by atoms with van der Waals surface area (Å²) >= 11 is 0. The van der Waals surface area contributed by atoms with Crippen LogP contribution < -0.4 is 5.32 Å². The number of benzene rings is 1. The number of nitrogens with zero attached hydrogens (tertiary/aromatic N) is 2. The van der Waals surface area contributed by atoms with Gasteiger partial charge in [0.2, 0.25) is 5.91 Å². The van der Waals surface area contributed by atoms with Gasteiger partial charge in [-0.3, -0.25) is 14.4 Å². The molecule has 2 atom stereocenters. The van der Waals surface area contributed by atoms with E-state index in [-0.39, 0.29) is 24.0 Å². The molecule has 0 saturated carbocycles. The predicted octanol–water partition coefficient (Wildman–Crippen LogP) is 3.44. The van der Waals surface area contributed by atoms with Crippen molar-refractivity contribution < 1.29 is 19.5 Å². The number of carbonyl (C=O) groups excluding carboxylic acids is 2. The van der Waals surface area contributed by atoms with Gasteiger partial charge >= 0.3 is 5.97 Å². The van der Waals surface area contributed by atoms with Crippen LogP contribution in [0.3, 0.4) is 0 Å². The molecule has 7 heteroatoms. The third kappa shape index (κ3) is 6.07. The van der Waals surface area contributed by atoms with E-state index in [0.717, 1.165) is 36.0 Å². The van der Waals surface area contributed by atoms with Gasteiger partial charge in [-0.2, -0.15) is 0 Å². The summed E-state index contributed by atoms with van der Waals surface area (Å²) in [5.41, 5.74) is 4.04. The largest absolute Gasteiger partial charge is 0.480 e. The summed E-state index contributed by atoms with van der Waals surface area (Å²) in [5.74, 6) is -0.329. The highest BCUT2D eigenvalue weighted by Crippen LogP contribution is 2.30. The molecule has 0 radical (unpaired) electrons. The van der Waals surface area contributed by atoms with Crippen molar-refractivity contribution in [3.8, 4) is 11.4 Å². The van der Waals surface area contributed by atoms with Gasteiger partial charge in [-0.25, -0.2) is 9.97 Å². The van der Waals surface area contributed by atoms with Crippen LogP contribution in [0.2, 0.25) is 0 Å². The molecule has 0 aliphatic heterocycles. The van der Waals surface area contributed by atoms with E-state index in [0.29, 0.717) is 12.2 Å². The van der Waals surface area contributed by atoms with Crippen LogP contribution in [-0.4, -0.2) is 38.8 Å². The van der Waals surface area contributed by atoms with Crippen molar-refractivity contribution in [3.05, 3.63) is 53.9 Å². The van der Waals surface area contributed by atoms with Gasteiger partial charge in [-0.15, -0.1) is 0 Å². The zero-order valence-electron chi connectivity index (χ0n) is 17.8. The van der Waals surface area contributed by atoms with Gasteiger partial charge in [0.25, 0.3) is 0 Å². The number of nitrogens with one attached hydrogen (secondary N) is 1. The zero-order valence-corrected chi connectivity index (χ0v) is 17.8. The molecule has 3 rings (SSSR count). The number of carboxylic acids is 1. The van der Waals surface area contributed by atoms with E-state index in [4.69, 9.17) is 5.11 Å². The van der Waals surface area contributed by atoms with Crippen LogP contribution >= 0.6 is 0 Å². The summed E-state index contributed by atoms with van der Waals surface area (Å²) in [4.78, 5) is 43.1. The molecule has 1 aromatic carbocycles. The number of allylic oxidation sites excluding steroid dienone is 2. The molecule has 1 aliphatic carbocycles. The lowest BCUT2D eigenvalue weighted by Crippen LogP contribution is -2.38. The predicted molar refractivity (Wildman–Crippen MR) is 117 cm³/mol.